The highest BCUT2D eigenvalue weighted by Crippen LogP contribution is 2.23. The second kappa shape index (κ2) is 6.50. The van der Waals surface area contributed by atoms with Gasteiger partial charge in [0.25, 0.3) is 11.6 Å². The zero-order chi connectivity index (χ0) is 17.2. The van der Waals surface area contributed by atoms with Crippen LogP contribution in [0.2, 0.25) is 0 Å². The van der Waals surface area contributed by atoms with Crippen LogP contribution in [-0.2, 0) is 10.0 Å². The Hall–Kier alpha value is -2.20. The van der Waals surface area contributed by atoms with Crippen LogP contribution in [0.5, 0.6) is 5.75 Å². The van der Waals surface area contributed by atoms with Crippen molar-refractivity contribution in [2.45, 2.75) is 6.42 Å². The Morgan fingerprint density at radius 2 is 2.22 bits per heavy atom. The number of non-ortho nitro benzene ring substituents is 1. The smallest absolute Gasteiger partial charge is 0.273 e. The third kappa shape index (κ3) is 4.17. The Labute approximate surface area is 133 Å². The first-order valence-electron chi connectivity index (χ1n) is 6.89. The first-order valence-corrected chi connectivity index (χ1v) is 8.74. The van der Waals surface area contributed by atoms with Gasteiger partial charge in [0, 0.05) is 25.7 Å². The van der Waals surface area contributed by atoms with Crippen molar-refractivity contribution in [2.24, 2.45) is 5.92 Å². The molecule has 1 aromatic carbocycles. The van der Waals surface area contributed by atoms with Gasteiger partial charge in [0.2, 0.25) is 10.0 Å². The van der Waals surface area contributed by atoms with Crippen LogP contribution >= 0.6 is 0 Å². The number of hydrogen-bond acceptors (Lipinski definition) is 6. The third-order valence-corrected chi connectivity index (χ3v) is 4.98. The minimum absolute atomic E-state index is 0.00568. The van der Waals surface area contributed by atoms with Crippen LogP contribution in [0.4, 0.5) is 5.69 Å². The maximum absolute atomic E-state index is 12.0. The number of sulfonamides is 1. The summed E-state index contributed by atoms with van der Waals surface area (Å²) in [5.74, 6) is -1.04. The number of rotatable bonds is 5. The van der Waals surface area contributed by atoms with Gasteiger partial charge in [-0.15, -0.1) is 0 Å². The number of carbonyl (C=O) groups is 1. The third-order valence-electron chi connectivity index (χ3n) is 3.71. The van der Waals surface area contributed by atoms with Gasteiger partial charge in [0.1, 0.15) is 5.75 Å². The molecule has 1 aromatic rings. The largest absolute Gasteiger partial charge is 0.507 e. The number of hydrogen-bond donors (Lipinski definition) is 2. The quantitative estimate of drug-likeness (QED) is 0.584. The second-order valence-corrected chi connectivity index (χ2v) is 7.43. The molecule has 0 spiro atoms. The lowest BCUT2D eigenvalue weighted by Gasteiger charge is -2.14. The van der Waals surface area contributed by atoms with E-state index in [1.54, 1.807) is 0 Å². The molecular weight excluding hydrogens is 326 g/mol. The number of benzene rings is 1. The van der Waals surface area contributed by atoms with Gasteiger partial charge in [0.05, 0.1) is 22.8 Å². The molecule has 23 heavy (non-hydrogen) atoms. The number of phenols is 1. The van der Waals surface area contributed by atoms with Crippen LogP contribution in [0.15, 0.2) is 18.2 Å². The van der Waals surface area contributed by atoms with Crippen LogP contribution in [0.1, 0.15) is 16.8 Å². The normalized spacial score (nSPS) is 18.7. The van der Waals surface area contributed by atoms with E-state index in [1.165, 1.54) is 10.4 Å². The molecule has 9 nitrogen and oxygen atoms in total. The van der Waals surface area contributed by atoms with Gasteiger partial charge in [-0.3, -0.25) is 14.9 Å². The molecule has 0 unspecified atom stereocenters. The molecular formula is C13H17N3O6S. The number of amides is 1. The lowest BCUT2D eigenvalue weighted by molar-refractivity contribution is -0.384. The van der Waals surface area contributed by atoms with Crippen molar-refractivity contribution >= 4 is 21.6 Å². The standard InChI is InChI=1S/C13H17N3O6S/c1-23(21,22)15-5-4-9(8-15)7-14-13(18)11-3-2-10(16(19)20)6-12(11)17/h2-3,6,9,17H,4-5,7-8H2,1H3,(H,14,18)/t9-/m0/s1. The minimum Gasteiger partial charge on any atom is -0.507 e. The summed E-state index contributed by atoms with van der Waals surface area (Å²) in [4.78, 5) is 21.9. The van der Waals surface area contributed by atoms with Gasteiger partial charge in [-0.1, -0.05) is 0 Å². The highest BCUT2D eigenvalue weighted by molar-refractivity contribution is 7.88. The zero-order valence-electron chi connectivity index (χ0n) is 12.4. The van der Waals surface area contributed by atoms with E-state index in [4.69, 9.17) is 0 Å². The van der Waals surface area contributed by atoms with Crippen LogP contribution < -0.4 is 5.32 Å². The molecule has 0 radical (unpaired) electrons. The van der Waals surface area contributed by atoms with Gasteiger partial charge < -0.3 is 10.4 Å². The number of carbonyl (C=O) groups excluding carboxylic acids is 1. The Bertz CT molecular complexity index is 733. The van der Waals surface area contributed by atoms with E-state index in [9.17, 15) is 28.4 Å². The second-order valence-electron chi connectivity index (χ2n) is 5.44. The molecule has 2 N–H and O–H groups in total. The summed E-state index contributed by atoms with van der Waals surface area (Å²) in [5.41, 5.74) is -0.368. The summed E-state index contributed by atoms with van der Waals surface area (Å²) in [6, 6.07) is 3.23. The number of nitro groups is 1. The Balaban J connectivity index is 1.95. The van der Waals surface area contributed by atoms with Crippen molar-refractivity contribution in [1.82, 2.24) is 9.62 Å². The average molecular weight is 343 g/mol. The molecule has 2 rings (SSSR count). The predicted octanol–water partition coefficient (Wildman–Crippen LogP) is 0.312. The van der Waals surface area contributed by atoms with E-state index in [2.05, 4.69) is 5.32 Å². The summed E-state index contributed by atoms with van der Waals surface area (Å²) in [6.07, 6.45) is 1.78. The van der Waals surface area contributed by atoms with Gasteiger partial charge in [-0.25, -0.2) is 12.7 Å². The first kappa shape index (κ1) is 17.2. The van der Waals surface area contributed by atoms with Crippen molar-refractivity contribution in [2.75, 3.05) is 25.9 Å². The van der Waals surface area contributed by atoms with E-state index in [1.807, 2.05) is 0 Å². The molecule has 1 heterocycles. The number of nitrogens with zero attached hydrogens (tertiary/aromatic N) is 2. The fraction of sp³-hybridized carbons (Fsp3) is 0.462. The number of phenolic OH excluding ortho intramolecular Hbond substituents is 1. The molecule has 0 saturated carbocycles. The molecule has 10 heteroatoms. The van der Waals surface area contributed by atoms with E-state index in [0.717, 1.165) is 18.4 Å². The van der Waals surface area contributed by atoms with Crippen molar-refractivity contribution in [3.63, 3.8) is 0 Å². The van der Waals surface area contributed by atoms with E-state index >= 15 is 0 Å². The molecule has 1 atom stereocenters. The molecule has 1 fully saturated rings. The van der Waals surface area contributed by atoms with Crippen molar-refractivity contribution < 1.29 is 23.2 Å². The maximum Gasteiger partial charge on any atom is 0.273 e. The Morgan fingerprint density at radius 1 is 1.52 bits per heavy atom. The monoisotopic (exact) mass is 343 g/mol. The summed E-state index contributed by atoms with van der Waals surface area (Å²) >= 11 is 0. The van der Waals surface area contributed by atoms with Crippen molar-refractivity contribution in [3.8, 4) is 5.75 Å². The molecule has 0 aliphatic carbocycles. The average Bonchev–Trinajstić information content (AvgIpc) is 2.93. The van der Waals surface area contributed by atoms with Crippen molar-refractivity contribution in [1.29, 1.82) is 0 Å². The Morgan fingerprint density at radius 3 is 2.74 bits per heavy atom. The highest BCUT2D eigenvalue weighted by Gasteiger charge is 2.28. The van der Waals surface area contributed by atoms with Gasteiger partial charge in [-0.05, 0) is 18.4 Å². The molecule has 0 aromatic heterocycles. The minimum atomic E-state index is -3.23. The van der Waals surface area contributed by atoms with Crippen LogP contribution in [0, 0.1) is 16.0 Å². The topological polar surface area (TPSA) is 130 Å². The Kier molecular flexibility index (Phi) is 4.85. The van der Waals surface area contributed by atoms with Crippen LogP contribution in [0.3, 0.4) is 0 Å². The maximum atomic E-state index is 12.0. The first-order chi connectivity index (χ1) is 10.7. The van der Waals surface area contributed by atoms with Gasteiger partial charge in [0.15, 0.2) is 0 Å². The summed E-state index contributed by atoms with van der Waals surface area (Å²) in [6.45, 7) is 1.02. The number of nitro benzene ring substituents is 1. The molecule has 126 valence electrons. The summed E-state index contributed by atoms with van der Waals surface area (Å²) < 4.78 is 24.2. The van der Waals surface area contributed by atoms with Crippen LogP contribution in [0.25, 0.3) is 0 Å². The van der Waals surface area contributed by atoms with E-state index in [0.29, 0.717) is 19.5 Å². The zero-order valence-corrected chi connectivity index (χ0v) is 13.2. The highest BCUT2D eigenvalue weighted by atomic mass is 32.2. The number of aromatic hydroxyl groups is 1. The van der Waals surface area contributed by atoms with E-state index in [-0.39, 0.29) is 23.7 Å². The van der Waals surface area contributed by atoms with E-state index < -0.39 is 26.6 Å². The molecule has 1 aliphatic heterocycles. The lowest BCUT2D eigenvalue weighted by Crippen LogP contribution is -2.32. The molecule has 1 aliphatic rings. The van der Waals surface area contributed by atoms with Gasteiger partial charge in [-0.2, -0.15) is 0 Å². The summed E-state index contributed by atoms with van der Waals surface area (Å²) in [5, 5.41) is 22.9. The molecule has 1 saturated heterocycles. The fourth-order valence-corrected chi connectivity index (χ4v) is 3.34. The van der Waals surface area contributed by atoms with Crippen molar-refractivity contribution in [3.05, 3.63) is 33.9 Å². The number of nitrogens with one attached hydrogen (secondary N) is 1. The predicted molar refractivity (Wildman–Crippen MR) is 81.6 cm³/mol. The lowest BCUT2D eigenvalue weighted by atomic mass is 10.1. The SMILES string of the molecule is CS(=O)(=O)N1CC[C@@H](CNC(=O)c2ccc([N+](=O)[O-])cc2O)C1. The van der Waals surface area contributed by atoms with Gasteiger partial charge >= 0.3 is 0 Å². The fourth-order valence-electron chi connectivity index (χ4n) is 2.42. The summed E-state index contributed by atoms with van der Waals surface area (Å²) in [7, 11) is -3.23. The molecule has 1 amide bonds. The van der Waals surface area contributed by atoms with Crippen LogP contribution in [-0.4, -0.2) is 54.6 Å². The molecule has 0 bridgehead atoms.